The van der Waals surface area contributed by atoms with Gasteiger partial charge < -0.3 is 0 Å². The molecular formula is C37H30Cl2SiZr. The third kappa shape index (κ3) is 6.73. The first-order chi connectivity index (χ1) is 20.0. The van der Waals surface area contributed by atoms with Crippen LogP contribution in [0.3, 0.4) is 0 Å². The van der Waals surface area contributed by atoms with Gasteiger partial charge in [-0.2, -0.15) is 29.5 Å². The van der Waals surface area contributed by atoms with E-state index in [1.807, 2.05) is 6.07 Å². The third-order valence-electron chi connectivity index (χ3n) is 7.39. The Morgan fingerprint density at radius 1 is 0.756 bits per heavy atom. The maximum absolute atomic E-state index is 4.93. The SMILES string of the molecule is Cc1ccc2[cH-]c(-c3ccccc3)cc2c1-c1ccccc1C(C)C.[Cl][Zr+2][Cl].[c-]1cccc2c1[Si]c1ccccc1-2. The zero-order valence-corrected chi connectivity index (χ0v) is 28.4. The second kappa shape index (κ2) is 14.0. The molecule has 7 rings (SSSR count). The van der Waals surface area contributed by atoms with Gasteiger partial charge in [0.25, 0.3) is 0 Å². The smallest absolute Gasteiger partial charge is 0.0920 e. The number of aryl methyl sites for hydroxylation is 1. The summed E-state index contributed by atoms with van der Waals surface area (Å²) in [4.78, 5) is 0. The topological polar surface area (TPSA) is 0 Å². The van der Waals surface area contributed by atoms with E-state index in [2.05, 4.69) is 142 Å². The normalized spacial score (nSPS) is 11.1. The molecule has 0 saturated carbocycles. The number of benzene rings is 5. The van der Waals surface area contributed by atoms with Crippen molar-refractivity contribution in [2.45, 2.75) is 26.7 Å². The molecule has 0 atom stereocenters. The summed E-state index contributed by atoms with van der Waals surface area (Å²) in [6.45, 7) is 6.77. The van der Waals surface area contributed by atoms with Crippen LogP contribution in [0.25, 0.3) is 44.2 Å². The van der Waals surface area contributed by atoms with Crippen LogP contribution in [-0.4, -0.2) is 9.52 Å². The van der Waals surface area contributed by atoms with Gasteiger partial charge in [-0.1, -0.05) is 121 Å². The van der Waals surface area contributed by atoms with Crippen molar-refractivity contribution < 1.29 is 20.8 Å². The molecule has 0 nitrogen and oxygen atoms in total. The van der Waals surface area contributed by atoms with Gasteiger partial charge in [0.1, 0.15) is 0 Å². The zero-order valence-electron chi connectivity index (χ0n) is 23.4. The van der Waals surface area contributed by atoms with Crippen LogP contribution in [0.15, 0.2) is 121 Å². The molecule has 1 aliphatic rings. The summed E-state index contributed by atoms with van der Waals surface area (Å²) in [5.41, 5.74) is 10.8. The van der Waals surface area contributed by atoms with Crippen molar-refractivity contribution in [3.05, 3.63) is 139 Å². The Bertz CT molecular complexity index is 1710. The Morgan fingerprint density at radius 2 is 1.41 bits per heavy atom. The van der Waals surface area contributed by atoms with E-state index in [1.54, 1.807) is 0 Å². The van der Waals surface area contributed by atoms with Gasteiger partial charge in [0, 0.05) is 0 Å². The van der Waals surface area contributed by atoms with Gasteiger partial charge in [0.15, 0.2) is 0 Å². The van der Waals surface area contributed by atoms with Crippen molar-refractivity contribution in [1.82, 2.24) is 0 Å². The second-order valence-electron chi connectivity index (χ2n) is 10.3. The van der Waals surface area contributed by atoms with E-state index >= 15 is 0 Å². The molecule has 1 heterocycles. The van der Waals surface area contributed by atoms with E-state index < -0.39 is 20.8 Å². The van der Waals surface area contributed by atoms with Gasteiger partial charge in [0.2, 0.25) is 0 Å². The van der Waals surface area contributed by atoms with Crippen molar-refractivity contribution in [2.24, 2.45) is 0 Å². The third-order valence-corrected chi connectivity index (χ3v) is 8.76. The molecule has 0 bridgehead atoms. The van der Waals surface area contributed by atoms with Crippen LogP contribution in [0.5, 0.6) is 0 Å². The van der Waals surface area contributed by atoms with Crippen LogP contribution in [0.2, 0.25) is 0 Å². The number of fused-ring (bicyclic) bond motifs is 4. The molecule has 0 fully saturated rings. The summed E-state index contributed by atoms with van der Waals surface area (Å²) in [7, 11) is 10.7. The molecule has 0 amide bonds. The molecule has 6 aromatic carbocycles. The molecule has 41 heavy (non-hydrogen) atoms. The van der Waals surface area contributed by atoms with Crippen molar-refractivity contribution in [1.29, 1.82) is 0 Å². The minimum Gasteiger partial charge on any atom is -0.184 e. The first-order valence-electron chi connectivity index (χ1n) is 13.7. The summed E-state index contributed by atoms with van der Waals surface area (Å²) in [6, 6.07) is 46.8. The summed E-state index contributed by atoms with van der Waals surface area (Å²) in [6.07, 6.45) is 0. The van der Waals surface area contributed by atoms with E-state index in [0.717, 1.165) is 9.52 Å². The number of hydrogen-bond acceptors (Lipinski definition) is 0. The zero-order chi connectivity index (χ0) is 28.8. The minimum atomic E-state index is -0.826. The Labute approximate surface area is 265 Å². The van der Waals surface area contributed by atoms with E-state index in [4.69, 9.17) is 17.0 Å². The first kappa shape index (κ1) is 29.9. The predicted molar refractivity (Wildman–Crippen MR) is 177 cm³/mol. The Morgan fingerprint density at radius 3 is 2.17 bits per heavy atom. The fraction of sp³-hybridized carbons (Fsp3) is 0.108. The average Bonchev–Trinajstić information content (AvgIpc) is 3.60. The standard InChI is InChI=1S/C25H23.C12H7Si.2ClH.Zr/c1-17(2)22-11-7-8-12-23(22)25-18(3)13-14-20-15-21(16-24(20)25)19-9-5-4-6-10-19;1-3-7-11-9(5-1)10-6-2-4-8-12(10)13-11;;;/h4-17H,1-3H3;1-7H;2*1H;/q2*-1;;;+4/p-2. The van der Waals surface area contributed by atoms with E-state index in [1.165, 1.54) is 65.7 Å². The van der Waals surface area contributed by atoms with Gasteiger partial charge >= 0.3 is 37.9 Å². The Balaban J connectivity index is 0.000000175. The van der Waals surface area contributed by atoms with Crippen LogP contribution in [0.1, 0.15) is 30.9 Å². The molecule has 0 saturated heterocycles. The summed E-state index contributed by atoms with van der Waals surface area (Å²) in [5.74, 6) is 0.509. The van der Waals surface area contributed by atoms with Crippen molar-refractivity contribution in [3.63, 3.8) is 0 Å². The van der Waals surface area contributed by atoms with Gasteiger partial charge in [-0.15, -0.1) is 40.1 Å². The molecule has 4 heteroatoms. The molecule has 0 aromatic heterocycles. The van der Waals surface area contributed by atoms with Crippen LogP contribution in [0, 0.1) is 13.0 Å². The number of halogens is 2. The predicted octanol–water partition coefficient (Wildman–Crippen LogP) is 9.82. The Hall–Kier alpha value is -2.61. The summed E-state index contributed by atoms with van der Waals surface area (Å²) >= 11 is -0.826. The largest absolute Gasteiger partial charge is 0.184 e. The number of hydrogen-bond donors (Lipinski definition) is 0. The molecule has 6 aromatic rings. The molecule has 0 aliphatic carbocycles. The van der Waals surface area contributed by atoms with Crippen LogP contribution in [-0.2, 0) is 20.8 Å². The summed E-state index contributed by atoms with van der Waals surface area (Å²) < 4.78 is 0. The first-order valence-corrected chi connectivity index (χ1v) is 21.0. The maximum Gasteiger partial charge on any atom is 0.0920 e. The molecular weight excluding hydrogens is 635 g/mol. The van der Waals surface area contributed by atoms with Gasteiger partial charge in [0.05, 0.1) is 9.52 Å². The van der Waals surface area contributed by atoms with Crippen molar-refractivity contribution in [3.8, 4) is 33.4 Å². The molecule has 0 spiro atoms. The molecule has 0 unspecified atom stereocenters. The van der Waals surface area contributed by atoms with Crippen LogP contribution in [0.4, 0.5) is 0 Å². The average molecular weight is 665 g/mol. The number of rotatable bonds is 3. The molecule has 200 valence electrons. The van der Waals surface area contributed by atoms with Crippen molar-refractivity contribution in [2.75, 3.05) is 0 Å². The maximum atomic E-state index is 4.93. The quantitative estimate of drug-likeness (QED) is 0.130. The fourth-order valence-electron chi connectivity index (χ4n) is 5.50. The fourth-order valence-corrected chi connectivity index (χ4v) is 6.81. The Kier molecular flexibility index (Phi) is 10.2. The van der Waals surface area contributed by atoms with Gasteiger partial charge in [-0.05, 0) is 29.5 Å². The van der Waals surface area contributed by atoms with Crippen LogP contribution < -0.4 is 10.4 Å². The van der Waals surface area contributed by atoms with Gasteiger partial charge in [-0.3, -0.25) is 0 Å². The van der Waals surface area contributed by atoms with E-state index in [-0.39, 0.29) is 0 Å². The van der Waals surface area contributed by atoms with E-state index in [9.17, 15) is 0 Å². The van der Waals surface area contributed by atoms with Crippen molar-refractivity contribution >= 4 is 47.7 Å². The minimum absolute atomic E-state index is 0.509. The molecule has 0 N–H and O–H groups in total. The van der Waals surface area contributed by atoms with E-state index in [0.29, 0.717) is 5.92 Å². The summed E-state index contributed by atoms with van der Waals surface area (Å²) in [5, 5.41) is 5.49. The van der Waals surface area contributed by atoms with Crippen LogP contribution >= 0.6 is 17.0 Å². The second-order valence-corrected chi connectivity index (χ2v) is 15.3. The van der Waals surface area contributed by atoms with Gasteiger partial charge in [-0.25, -0.2) is 0 Å². The molecule has 2 radical (unpaired) electrons. The molecule has 1 aliphatic heterocycles. The monoisotopic (exact) mass is 662 g/mol.